The van der Waals surface area contributed by atoms with Crippen molar-refractivity contribution in [1.82, 2.24) is 4.98 Å². The lowest BCUT2D eigenvalue weighted by molar-refractivity contribution is 0.297. The van der Waals surface area contributed by atoms with Crippen molar-refractivity contribution in [3.63, 3.8) is 0 Å². The third kappa shape index (κ3) is 1.76. The molecule has 0 radical (unpaired) electrons. The Hall–Kier alpha value is -1.48. The maximum atomic E-state index is 6.53. The molecule has 2 aliphatic rings. The fourth-order valence-corrected chi connectivity index (χ4v) is 3.22. The summed E-state index contributed by atoms with van der Waals surface area (Å²) in [6.07, 6.45) is 4.11. The maximum absolute atomic E-state index is 6.53. The molecule has 0 saturated heterocycles. The summed E-state index contributed by atoms with van der Waals surface area (Å²) in [6.45, 7) is 1.38. The normalized spacial score (nSPS) is 17.3. The van der Waals surface area contributed by atoms with E-state index in [0.717, 1.165) is 58.8 Å². The van der Waals surface area contributed by atoms with Crippen LogP contribution in [0.4, 0.5) is 0 Å². The van der Waals surface area contributed by atoms with Crippen molar-refractivity contribution >= 4 is 22.5 Å². The average molecular weight is 276 g/mol. The van der Waals surface area contributed by atoms with Crippen LogP contribution < -0.4 is 9.47 Å². The van der Waals surface area contributed by atoms with Gasteiger partial charge < -0.3 is 9.47 Å². The highest BCUT2D eigenvalue weighted by atomic mass is 35.5. The quantitative estimate of drug-likeness (QED) is 0.737. The van der Waals surface area contributed by atoms with Gasteiger partial charge in [-0.15, -0.1) is 0 Å². The number of fused-ring (bicyclic) bond motifs is 3. The van der Waals surface area contributed by atoms with Crippen LogP contribution in [0.2, 0.25) is 5.02 Å². The molecule has 0 spiro atoms. The first-order chi connectivity index (χ1) is 9.33. The molecule has 1 aliphatic heterocycles. The fraction of sp³-hybridized carbons (Fsp3) is 0.400. The Morgan fingerprint density at radius 3 is 2.63 bits per heavy atom. The Balaban J connectivity index is 1.98. The standard InChI is InChI=1S/C15H14ClNO2/c16-15-9-3-1-4-11(9)17-12-8-14-13(7-10(12)15)18-5-2-6-19-14/h7-8H,1-6H2. The Bertz CT molecular complexity index is 669. The predicted octanol–water partition coefficient (Wildman–Crippen LogP) is 3.54. The van der Waals surface area contributed by atoms with Crippen molar-refractivity contribution in [2.45, 2.75) is 25.7 Å². The Kier molecular flexibility index (Phi) is 2.55. The summed E-state index contributed by atoms with van der Waals surface area (Å²) in [4.78, 5) is 4.74. The number of ether oxygens (including phenoxy) is 2. The number of halogens is 1. The molecular weight excluding hydrogens is 262 g/mol. The van der Waals surface area contributed by atoms with Crippen molar-refractivity contribution in [3.05, 3.63) is 28.4 Å². The van der Waals surface area contributed by atoms with Gasteiger partial charge in [0.1, 0.15) is 0 Å². The molecule has 0 fully saturated rings. The number of aromatic nitrogens is 1. The summed E-state index contributed by atoms with van der Waals surface area (Å²) in [5, 5.41) is 1.82. The van der Waals surface area contributed by atoms with E-state index in [1.54, 1.807) is 0 Å². The molecule has 0 N–H and O–H groups in total. The van der Waals surface area contributed by atoms with Gasteiger partial charge in [-0.25, -0.2) is 0 Å². The Morgan fingerprint density at radius 2 is 1.79 bits per heavy atom. The summed E-state index contributed by atoms with van der Waals surface area (Å²) in [6, 6.07) is 3.93. The van der Waals surface area contributed by atoms with E-state index in [0.29, 0.717) is 13.2 Å². The lowest BCUT2D eigenvalue weighted by Crippen LogP contribution is -1.97. The zero-order valence-electron chi connectivity index (χ0n) is 10.5. The van der Waals surface area contributed by atoms with E-state index in [4.69, 9.17) is 26.1 Å². The number of hydrogen-bond donors (Lipinski definition) is 0. The topological polar surface area (TPSA) is 31.4 Å². The first kappa shape index (κ1) is 11.4. The monoisotopic (exact) mass is 275 g/mol. The maximum Gasteiger partial charge on any atom is 0.163 e. The number of hydrogen-bond acceptors (Lipinski definition) is 3. The minimum atomic E-state index is 0.689. The van der Waals surface area contributed by atoms with Crippen molar-refractivity contribution in [2.75, 3.05) is 13.2 Å². The molecule has 98 valence electrons. The van der Waals surface area contributed by atoms with Crippen LogP contribution in [-0.2, 0) is 12.8 Å². The van der Waals surface area contributed by atoms with Gasteiger partial charge in [-0.05, 0) is 30.9 Å². The van der Waals surface area contributed by atoms with Crippen LogP contribution in [0.1, 0.15) is 24.1 Å². The molecule has 4 rings (SSSR count). The van der Waals surface area contributed by atoms with Gasteiger partial charge in [-0.1, -0.05) is 11.6 Å². The molecule has 1 aromatic carbocycles. The number of pyridine rings is 1. The van der Waals surface area contributed by atoms with E-state index < -0.39 is 0 Å². The van der Waals surface area contributed by atoms with Crippen LogP contribution in [0, 0.1) is 0 Å². The molecular formula is C15H14ClNO2. The van der Waals surface area contributed by atoms with Crippen molar-refractivity contribution in [3.8, 4) is 11.5 Å². The van der Waals surface area contributed by atoms with E-state index in [-0.39, 0.29) is 0 Å². The smallest absolute Gasteiger partial charge is 0.163 e. The highest BCUT2D eigenvalue weighted by Crippen LogP contribution is 2.39. The highest BCUT2D eigenvalue weighted by Gasteiger charge is 2.21. The molecule has 4 heteroatoms. The Morgan fingerprint density at radius 1 is 1.00 bits per heavy atom. The van der Waals surface area contributed by atoms with Gasteiger partial charge in [0.05, 0.1) is 23.8 Å². The van der Waals surface area contributed by atoms with Gasteiger partial charge in [0.15, 0.2) is 11.5 Å². The molecule has 2 aromatic rings. The first-order valence-electron chi connectivity index (χ1n) is 6.73. The van der Waals surface area contributed by atoms with Crippen LogP contribution in [0.5, 0.6) is 11.5 Å². The summed E-state index contributed by atoms with van der Waals surface area (Å²) < 4.78 is 11.4. The van der Waals surface area contributed by atoms with Crippen molar-refractivity contribution < 1.29 is 9.47 Å². The molecule has 1 aromatic heterocycles. The lowest BCUT2D eigenvalue weighted by Gasteiger charge is -2.11. The van der Waals surface area contributed by atoms with E-state index in [1.165, 1.54) is 5.56 Å². The molecule has 3 nitrogen and oxygen atoms in total. The third-order valence-electron chi connectivity index (χ3n) is 3.81. The third-order valence-corrected chi connectivity index (χ3v) is 4.24. The minimum Gasteiger partial charge on any atom is -0.490 e. The molecule has 0 saturated carbocycles. The summed E-state index contributed by atoms with van der Waals surface area (Å²) >= 11 is 6.53. The summed E-state index contributed by atoms with van der Waals surface area (Å²) in [7, 11) is 0. The van der Waals surface area contributed by atoms with Gasteiger partial charge >= 0.3 is 0 Å². The zero-order chi connectivity index (χ0) is 12.8. The second-order valence-corrected chi connectivity index (χ2v) is 5.45. The fourth-order valence-electron chi connectivity index (χ4n) is 2.86. The van der Waals surface area contributed by atoms with Crippen LogP contribution in [0.25, 0.3) is 10.9 Å². The molecule has 2 heterocycles. The first-order valence-corrected chi connectivity index (χ1v) is 7.11. The van der Waals surface area contributed by atoms with Crippen LogP contribution in [-0.4, -0.2) is 18.2 Å². The molecule has 0 amide bonds. The van der Waals surface area contributed by atoms with Gasteiger partial charge in [0, 0.05) is 23.6 Å². The predicted molar refractivity (Wildman–Crippen MR) is 74.4 cm³/mol. The lowest BCUT2D eigenvalue weighted by atomic mass is 10.1. The SMILES string of the molecule is Clc1c2c(nc3cc4c(cc13)OCCCO4)CCC2. The van der Waals surface area contributed by atoms with E-state index in [1.807, 2.05) is 12.1 Å². The number of rotatable bonds is 0. The second kappa shape index (κ2) is 4.27. The van der Waals surface area contributed by atoms with Crippen LogP contribution in [0.3, 0.4) is 0 Å². The number of nitrogens with zero attached hydrogens (tertiary/aromatic N) is 1. The van der Waals surface area contributed by atoms with Gasteiger partial charge in [-0.3, -0.25) is 4.98 Å². The van der Waals surface area contributed by atoms with Gasteiger partial charge in [0.2, 0.25) is 0 Å². The zero-order valence-corrected chi connectivity index (χ0v) is 11.3. The van der Waals surface area contributed by atoms with E-state index >= 15 is 0 Å². The average Bonchev–Trinajstić information content (AvgIpc) is 2.76. The molecule has 0 unspecified atom stereocenters. The van der Waals surface area contributed by atoms with Crippen molar-refractivity contribution in [1.29, 1.82) is 0 Å². The minimum absolute atomic E-state index is 0.689. The largest absolute Gasteiger partial charge is 0.490 e. The molecule has 19 heavy (non-hydrogen) atoms. The van der Waals surface area contributed by atoms with Crippen LogP contribution >= 0.6 is 11.6 Å². The number of aryl methyl sites for hydroxylation is 1. The highest BCUT2D eigenvalue weighted by molar-refractivity contribution is 6.36. The van der Waals surface area contributed by atoms with E-state index in [9.17, 15) is 0 Å². The van der Waals surface area contributed by atoms with Gasteiger partial charge in [0.25, 0.3) is 0 Å². The number of benzene rings is 1. The second-order valence-electron chi connectivity index (χ2n) is 5.07. The molecule has 0 bridgehead atoms. The van der Waals surface area contributed by atoms with Gasteiger partial charge in [-0.2, -0.15) is 0 Å². The summed E-state index contributed by atoms with van der Waals surface area (Å²) in [5.74, 6) is 1.57. The Labute approximate surface area is 116 Å². The molecule has 0 atom stereocenters. The summed E-state index contributed by atoms with van der Waals surface area (Å²) in [5.41, 5.74) is 3.27. The molecule has 1 aliphatic carbocycles. The van der Waals surface area contributed by atoms with Crippen LogP contribution in [0.15, 0.2) is 12.1 Å². The van der Waals surface area contributed by atoms with Crippen molar-refractivity contribution in [2.24, 2.45) is 0 Å². The van der Waals surface area contributed by atoms with E-state index in [2.05, 4.69) is 0 Å².